The number of carbonyl (C=O) groups excluding carboxylic acids is 1. The van der Waals surface area contributed by atoms with Crippen LogP contribution in [0.15, 0.2) is 18.2 Å². The second-order valence-corrected chi connectivity index (χ2v) is 4.32. The first-order valence-electron chi connectivity index (χ1n) is 5.41. The van der Waals surface area contributed by atoms with Gasteiger partial charge in [-0.05, 0) is 25.1 Å². The maximum absolute atomic E-state index is 12.0. The second-order valence-electron chi connectivity index (χ2n) is 3.48. The summed E-state index contributed by atoms with van der Waals surface area (Å²) in [5.74, 6) is -0.267. The summed E-state index contributed by atoms with van der Waals surface area (Å²) < 4.78 is 5.06. The Morgan fingerprint density at radius 1 is 1.47 bits per heavy atom. The number of halogens is 2. The maximum Gasteiger partial charge on any atom is 0.337 e. The van der Waals surface area contributed by atoms with Crippen molar-refractivity contribution >= 4 is 35.1 Å². The van der Waals surface area contributed by atoms with Crippen LogP contribution in [0, 0.1) is 0 Å². The number of H-pyrrole nitrogens is 1. The van der Waals surface area contributed by atoms with Crippen LogP contribution in [0.3, 0.4) is 0 Å². The number of ether oxygens (including phenoxy) is 1. The van der Waals surface area contributed by atoms with E-state index in [2.05, 4.69) is 20.5 Å². The predicted octanol–water partition coefficient (Wildman–Crippen LogP) is 2.76. The van der Waals surface area contributed by atoms with E-state index in [0.717, 1.165) is 0 Å². The quantitative estimate of drug-likeness (QED) is 0.910. The van der Waals surface area contributed by atoms with Gasteiger partial charge in [0, 0.05) is 5.02 Å². The van der Waals surface area contributed by atoms with Crippen LogP contribution in [-0.4, -0.2) is 27.7 Å². The van der Waals surface area contributed by atoms with Crippen molar-refractivity contribution in [3.8, 4) is 6.01 Å². The Morgan fingerprint density at radius 2 is 2.26 bits per heavy atom. The molecule has 100 valence electrons. The van der Waals surface area contributed by atoms with E-state index in [1.165, 1.54) is 6.07 Å². The van der Waals surface area contributed by atoms with E-state index in [9.17, 15) is 4.79 Å². The normalized spacial score (nSPS) is 10.3. The number of hydrogen-bond acceptors (Lipinski definition) is 4. The predicted molar refractivity (Wildman–Crippen MR) is 72.0 cm³/mol. The number of amides is 1. The van der Waals surface area contributed by atoms with Gasteiger partial charge in [0.05, 0.1) is 17.2 Å². The molecule has 0 saturated carbocycles. The molecule has 2 rings (SSSR count). The fraction of sp³-hybridized carbons (Fsp3) is 0.182. The van der Waals surface area contributed by atoms with Crippen LogP contribution in [0.1, 0.15) is 17.3 Å². The van der Waals surface area contributed by atoms with E-state index < -0.39 is 5.91 Å². The zero-order valence-electron chi connectivity index (χ0n) is 9.91. The van der Waals surface area contributed by atoms with Crippen molar-refractivity contribution in [3.63, 3.8) is 0 Å². The molecule has 0 aliphatic heterocycles. The van der Waals surface area contributed by atoms with Crippen LogP contribution in [0.5, 0.6) is 6.01 Å². The number of aromatic nitrogens is 3. The molecule has 6 nitrogen and oxygen atoms in total. The van der Waals surface area contributed by atoms with Crippen molar-refractivity contribution in [2.75, 3.05) is 11.9 Å². The molecule has 1 amide bonds. The topological polar surface area (TPSA) is 79.9 Å². The molecule has 0 saturated heterocycles. The summed E-state index contributed by atoms with van der Waals surface area (Å²) in [4.78, 5) is 15.9. The highest BCUT2D eigenvalue weighted by molar-refractivity contribution is 6.36. The van der Waals surface area contributed by atoms with Gasteiger partial charge in [0.1, 0.15) is 0 Å². The van der Waals surface area contributed by atoms with Crippen LogP contribution in [-0.2, 0) is 0 Å². The fourth-order valence-corrected chi connectivity index (χ4v) is 1.72. The average Bonchev–Trinajstić information content (AvgIpc) is 2.80. The largest absolute Gasteiger partial charge is 0.463 e. The minimum absolute atomic E-state index is 0.162. The number of nitrogens with one attached hydrogen (secondary N) is 2. The molecule has 1 aromatic carbocycles. The molecule has 1 aromatic heterocycles. The molecule has 1 heterocycles. The average molecular weight is 301 g/mol. The lowest BCUT2D eigenvalue weighted by molar-refractivity contribution is 0.102. The number of rotatable bonds is 4. The van der Waals surface area contributed by atoms with Gasteiger partial charge in [0.15, 0.2) is 0 Å². The minimum atomic E-state index is -0.438. The molecular weight excluding hydrogens is 291 g/mol. The Balaban J connectivity index is 2.13. The van der Waals surface area contributed by atoms with Gasteiger partial charge in [0.25, 0.3) is 5.91 Å². The molecule has 0 aliphatic carbocycles. The molecule has 0 bridgehead atoms. The van der Waals surface area contributed by atoms with E-state index in [1.54, 1.807) is 19.1 Å². The van der Waals surface area contributed by atoms with Gasteiger partial charge in [-0.2, -0.15) is 4.98 Å². The minimum Gasteiger partial charge on any atom is -0.463 e. The van der Waals surface area contributed by atoms with Crippen molar-refractivity contribution in [1.82, 2.24) is 15.2 Å². The summed E-state index contributed by atoms with van der Waals surface area (Å²) in [6.45, 7) is 2.24. The van der Waals surface area contributed by atoms with Gasteiger partial charge in [0.2, 0.25) is 5.95 Å². The fourth-order valence-electron chi connectivity index (χ4n) is 1.34. The SMILES string of the molecule is CCOc1n[nH]c(NC(=O)c2cc(Cl)ccc2Cl)n1. The third-order valence-corrected chi connectivity index (χ3v) is 2.71. The smallest absolute Gasteiger partial charge is 0.337 e. The Labute approximate surface area is 119 Å². The van der Waals surface area contributed by atoms with Crippen LogP contribution >= 0.6 is 23.2 Å². The number of benzene rings is 1. The Hall–Kier alpha value is -1.79. The van der Waals surface area contributed by atoms with E-state index in [1.807, 2.05) is 0 Å². The number of anilines is 1. The summed E-state index contributed by atoms with van der Waals surface area (Å²) in [6, 6.07) is 4.78. The van der Waals surface area contributed by atoms with Gasteiger partial charge in [-0.15, -0.1) is 5.10 Å². The number of nitrogens with zero attached hydrogens (tertiary/aromatic N) is 2. The van der Waals surface area contributed by atoms with Crippen molar-refractivity contribution in [2.45, 2.75) is 6.92 Å². The van der Waals surface area contributed by atoms with E-state index in [4.69, 9.17) is 27.9 Å². The lowest BCUT2D eigenvalue weighted by Crippen LogP contribution is -2.13. The van der Waals surface area contributed by atoms with Crippen LogP contribution in [0.4, 0.5) is 5.95 Å². The zero-order chi connectivity index (χ0) is 13.8. The van der Waals surface area contributed by atoms with Crippen LogP contribution < -0.4 is 10.1 Å². The van der Waals surface area contributed by atoms with Gasteiger partial charge in [-0.25, -0.2) is 5.10 Å². The molecule has 19 heavy (non-hydrogen) atoms. The molecule has 0 fully saturated rings. The second kappa shape index (κ2) is 5.90. The standard InChI is InChI=1S/C11H10Cl2N4O2/c1-2-19-11-15-10(16-17-11)14-9(18)7-5-6(12)3-4-8(7)13/h3-5H,2H2,1H3,(H2,14,15,16,17,18). The van der Waals surface area contributed by atoms with Crippen LogP contribution in [0.2, 0.25) is 10.0 Å². The molecule has 0 radical (unpaired) electrons. The lowest BCUT2D eigenvalue weighted by atomic mass is 10.2. The van der Waals surface area contributed by atoms with Gasteiger partial charge in [-0.1, -0.05) is 23.2 Å². The van der Waals surface area contributed by atoms with E-state index in [-0.39, 0.29) is 17.5 Å². The summed E-state index contributed by atoms with van der Waals surface area (Å²) in [5, 5.41) is 9.52. The number of hydrogen-bond donors (Lipinski definition) is 2. The number of carbonyl (C=O) groups is 1. The summed E-state index contributed by atoms with van der Waals surface area (Å²) in [5.41, 5.74) is 0.253. The van der Waals surface area contributed by atoms with Crippen molar-refractivity contribution in [2.24, 2.45) is 0 Å². The molecule has 0 atom stereocenters. The molecule has 8 heteroatoms. The van der Waals surface area contributed by atoms with Gasteiger partial charge >= 0.3 is 6.01 Å². The molecular formula is C11H10Cl2N4O2. The Morgan fingerprint density at radius 3 is 3.00 bits per heavy atom. The zero-order valence-corrected chi connectivity index (χ0v) is 11.4. The summed E-state index contributed by atoms with van der Waals surface area (Å²) >= 11 is 11.7. The third kappa shape index (κ3) is 3.36. The monoisotopic (exact) mass is 300 g/mol. The van der Waals surface area contributed by atoms with Crippen LogP contribution in [0.25, 0.3) is 0 Å². The van der Waals surface area contributed by atoms with Gasteiger partial charge < -0.3 is 4.74 Å². The van der Waals surface area contributed by atoms with Crippen molar-refractivity contribution < 1.29 is 9.53 Å². The molecule has 0 aliphatic rings. The third-order valence-electron chi connectivity index (χ3n) is 2.14. The van der Waals surface area contributed by atoms with Crippen molar-refractivity contribution in [1.29, 1.82) is 0 Å². The van der Waals surface area contributed by atoms with Gasteiger partial charge in [-0.3, -0.25) is 10.1 Å². The first-order valence-corrected chi connectivity index (χ1v) is 6.17. The number of aromatic amines is 1. The Bertz CT molecular complexity index is 600. The maximum atomic E-state index is 12.0. The molecule has 2 N–H and O–H groups in total. The van der Waals surface area contributed by atoms with Crippen molar-refractivity contribution in [3.05, 3.63) is 33.8 Å². The summed E-state index contributed by atoms with van der Waals surface area (Å²) in [7, 11) is 0. The lowest BCUT2D eigenvalue weighted by Gasteiger charge is -2.04. The Kier molecular flexibility index (Phi) is 4.24. The molecule has 0 spiro atoms. The highest BCUT2D eigenvalue weighted by atomic mass is 35.5. The first-order chi connectivity index (χ1) is 9.10. The van der Waals surface area contributed by atoms with E-state index >= 15 is 0 Å². The molecule has 0 unspecified atom stereocenters. The summed E-state index contributed by atoms with van der Waals surface area (Å²) in [6.07, 6.45) is 0. The highest BCUT2D eigenvalue weighted by Gasteiger charge is 2.13. The van der Waals surface area contributed by atoms with E-state index in [0.29, 0.717) is 16.7 Å². The highest BCUT2D eigenvalue weighted by Crippen LogP contribution is 2.21. The molecule has 2 aromatic rings. The first kappa shape index (κ1) is 13.6.